The van der Waals surface area contributed by atoms with Crippen LogP contribution >= 0.6 is 0 Å². The van der Waals surface area contributed by atoms with Crippen molar-refractivity contribution in [1.82, 2.24) is 0 Å². The molecule has 0 amide bonds. The highest BCUT2D eigenvalue weighted by Crippen LogP contribution is 2.39. The molecular formula is C23H24O5. The van der Waals surface area contributed by atoms with Crippen LogP contribution in [0.4, 0.5) is 0 Å². The minimum Gasteiger partial charge on any atom is -0.451 e. The second-order valence-electron chi connectivity index (χ2n) is 6.49. The zero-order valence-electron chi connectivity index (χ0n) is 16.1. The summed E-state index contributed by atoms with van der Waals surface area (Å²) in [7, 11) is 0. The van der Waals surface area contributed by atoms with Crippen LogP contribution in [0.2, 0.25) is 0 Å². The third kappa shape index (κ3) is 4.38. The number of benzene rings is 2. The lowest BCUT2D eigenvalue weighted by Crippen LogP contribution is -2.49. The van der Waals surface area contributed by atoms with Gasteiger partial charge in [0.05, 0.1) is 6.61 Å². The van der Waals surface area contributed by atoms with Crippen molar-refractivity contribution in [3.63, 3.8) is 0 Å². The van der Waals surface area contributed by atoms with Crippen molar-refractivity contribution >= 4 is 11.9 Å². The summed E-state index contributed by atoms with van der Waals surface area (Å²) in [5, 5.41) is 10.1. The Morgan fingerprint density at radius 3 is 1.68 bits per heavy atom. The molecule has 0 saturated carbocycles. The molecule has 1 N–H and O–H groups in total. The van der Waals surface area contributed by atoms with E-state index in [1.165, 1.54) is 13.8 Å². The fourth-order valence-corrected chi connectivity index (χ4v) is 2.81. The van der Waals surface area contributed by atoms with Gasteiger partial charge in [0.1, 0.15) is 0 Å². The maximum atomic E-state index is 12.6. The average Bonchev–Trinajstić information content (AvgIpc) is 2.71. The molecular weight excluding hydrogens is 356 g/mol. The van der Waals surface area contributed by atoms with Gasteiger partial charge in [-0.05, 0) is 13.8 Å². The van der Waals surface area contributed by atoms with Crippen LogP contribution in [0.15, 0.2) is 85.0 Å². The fraction of sp³-hybridized carbons (Fsp3) is 0.217. The lowest BCUT2D eigenvalue weighted by molar-refractivity contribution is -0.181. The monoisotopic (exact) mass is 380 g/mol. The summed E-state index contributed by atoms with van der Waals surface area (Å²) >= 11 is 0. The van der Waals surface area contributed by atoms with E-state index in [1.807, 2.05) is 12.1 Å². The molecule has 1 atom stereocenters. The third-order valence-corrected chi connectivity index (χ3v) is 4.22. The van der Waals surface area contributed by atoms with Gasteiger partial charge in [0.25, 0.3) is 0 Å². The molecule has 1 unspecified atom stereocenters. The summed E-state index contributed by atoms with van der Waals surface area (Å²) in [5.74, 6) is -1.36. The summed E-state index contributed by atoms with van der Waals surface area (Å²) in [6, 6.07) is 17.7. The summed E-state index contributed by atoms with van der Waals surface area (Å²) in [4.78, 5) is 24.8. The van der Waals surface area contributed by atoms with E-state index >= 15 is 0 Å². The second-order valence-corrected chi connectivity index (χ2v) is 6.49. The molecule has 0 fully saturated rings. The lowest BCUT2D eigenvalue weighted by Gasteiger charge is -2.39. The molecule has 28 heavy (non-hydrogen) atoms. The predicted molar refractivity (Wildman–Crippen MR) is 106 cm³/mol. The number of hydrogen-bond acceptors (Lipinski definition) is 5. The molecule has 146 valence electrons. The van der Waals surface area contributed by atoms with E-state index in [0.717, 1.165) is 0 Å². The highest BCUT2D eigenvalue weighted by atomic mass is 16.6. The molecule has 0 saturated heterocycles. The van der Waals surface area contributed by atoms with Crippen molar-refractivity contribution in [1.29, 1.82) is 0 Å². The molecule has 5 heteroatoms. The summed E-state index contributed by atoms with van der Waals surface area (Å²) < 4.78 is 11.4. The molecule has 0 aliphatic heterocycles. The number of aliphatic hydroxyl groups excluding tert-OH is 1. The Kier molecular flexibility index (Phi) is 6.90. The molecule has 0 heterocycles. The number of rotatable bonds is 8. The van der Waals surface area contributed by atoms with E-state index < -0.39 is 30.3 Å². The van der Waals surface area contributed by atoms with Crippen LogP contribution in [0.1, 0.15) is 25.0 Å². The molecule has 0 aromatic heterocycles. The summed E-state index contributed by atoms with van der Waals surface area (Å²) in [6.07, 6.45) is -1.20. The van der Waals surface area contributed by atoms with Crippen LogP contribution < -0.4 is 0 Å². The van der Waals surface area contributed by atoms with Gasteiger partial charge in [0.2, 0.25) is 5.60 Å². The van der Waals surface area contributed by atoms with Crippen molar-refractivity contribution in [2.75, 3.05) is 6.61 Å². The molecule has 0 bridgehead atoms. The van der Waals surface area contributed by atoms with Gasteiger partial charge in [0, 0.05) is 22.3 Å². The minimum absolute atomic E-state index is 0.166. The number of ether oxygens (including phenoxy) is 2. The van der Waals surface area contributed by atoms with E-state index in [0.29, 0.717) is 11.1 Å². The van der Waals surface area contributed by atoms with Crippen molar-refractivity contribution in [2.24, 2.45) is 0 Å². The second kappa shape index (κ2) is 9.15. The van der Waals surface area contributed by atoms with Crippen molar-refractivity contribution < 1.29 is 24.2 Å². The van der Waals surface area contributed by atoms with E-state index in [1.54, 1.807) is 48.5 Å². The Morgan fingerprint density at radius 2 is 1.32 bits per heavy atom. The Bertz CT molecular complexity index is 816. The number of hydrogen-bond donors (Lipinski definition) is 1. The van der Waals surface area contributed by atoms with E-state index in [4.69, 9.17) is 9.47 Å². The smallest absolute Gasteiger partial charge is 0.334 e. The third-order valence-electron chi connectivity index (χ3n) is 4.22. The van der Waals surface area contributed by atoms with E-state index in [-0.39, 0.29) is 11.1 Å². The number of esters is 2. The fourth-order valence-electron chi connectivity index (χ4n) is 2.81. The summed E-state index contributed by atoms with van der Waals surface area (Å²) in [5.41, 5.74) is -0.133. The van der Waals surface area contributed by atoms with Gasteiger partial charge in [-0.3, -0.25) is 0 Å². The van der Waals surface area contributed by atoms with Gasteiger partial charge in [-0.1, -0.05) is 73.8 Å². The average molecular weight is 380 g/mol. The van der Waals surface area contributed by atoms with Gasteiger partial charge in [-0.2, -0.15) is 0 Å². The highest BCUT2D eigenvalue weighted by molar-refractivity contribution is 5.88. The van der Waals surface area contributed by atoms with Crippen LogP contribution in [-0.2, 0) is 24.7 Å². The maximum Gasteiger partial charge on any atom is 0.334 e. The molecule has 0 aliphatic rings. The Labute approximate surface area is 164 Å². The first kappa shape index (κ1) is 21.1. The van der Waals surface area contributed by atoms with Gasteiger partial charge >= 0.3 is 11.9 Å². The first-order valence-electron chi connectivity index (χ1n) is 8.80. The predicted octanol–water partition coefficient (Wildman–Crippen LogP) is 3.53. The van der Waals surface area contributed by atoms with Gasteiger partial charge < -0.3 is 14.6 Å². The molecule has 0 radical (unpaired) electrons. The molecule has 2 aromatic carbocycles. The van der Waals surface area contributed by atoms with Crippen LogP contribution in [0, 0.1) is 0 Å². The zero-order chi connectivity index (χ0) is 20.7. The standard InChI is InChI=1S/C23H24O5/c1-16(2)21(25)27-20(15-24)23(28-22(26)17(3)4,18-11-7-5-8-12-18)19-13-9-6-10-14-19/h5-14,20,24H,1,3,15H2,2,4H3. The molecule has 5 nitrogen and oxygen atoms in total. The van der Waals surface area contributed by atoms with Crippen LogP contribution in [-0.4, -0.2) is 29.8 Å². The Morgan fingerprint density at radius 1 is 0.893 bits per heavy atom. The minimum atomic E-state index is -1.57. The van der Waals surface area contributed by atoms with Crippen LogP contribution in [0.3, 0.4) is 0 Å². The van der Waals surface area contributed by atoms with Gasteiger partial charge in [0.15, 0.2) is 6.10 Å². The first-order chi connectivity index (χ1) is 13.3. The normalized spacial score (nSPS) is 12.0. The van der Waals surface area contributed by atoms with Crippen LogP contribution in [0.5, 0.6) is 0 Å². The Balaban J connectivity index is 2.75. The SMILES string of the molecule is C=C(C)C(=O)OC(CO)C(OC(=O)C(=C)C)(c1ccccc1)c1ccccc1. The van der Waals surface area contributed by atoms with Gasteiger partial charge in [-0.25, -0.2) is 9.59 Å². The van der Waals surface area contributed by atoms with Gasteiger partial charge in [-0.15, -0.1) is 0 Å². The lowest BCUT2D eigenvalue weighted by atomic mass is 9.81. The largest absolute Gasteiger partial charge is 0.451 e. The molecule has 0 aliphatic carbocycles. The van der Waals surface area contributed by atoms with E-state index in [9.17, 15) is 14.7 Å². The summed E-state index contributed by atoms with van der Waals surface area (Å²) in [6.45, 7) is 9.67. The molecule has 2 aromatic rings. The maximum absolute atomic E-state index is 12.6. The topological polar surface area (TPSA) is 72.8 Å². The zero-order valence-corrected chi connectivity index (χ0v) is 16.1. The first-order valence-corrected chi connectivity index (χ1v) is 8.80. The highest BCUT2D eigenvalue weighted by Gasteiger charge is 2.48. The quantitative estimate of drug-likeness (QED) is 0.560. The Hall–Kier alpha value is -3.18. The number of carbonyl (C=O) groups is 2. The van der Waals surface area contributed by atoms with Crippen molar-refractivity contribution in [3.8, 4) is 0 Å². The molecule has 0 spiro atoms. The number of carbonyl (C=O) groups excluding carboxylic acids is 2. The molecule has 2 rings (SSSR count). The van der Waals surface area contributed by atoms with E-state index in [2.05, 4.69) is 13.2 Å². The van der Waals surface area contributed by atoms with Crippen molar-refractivity contribution in [2.45, 2.75) is 25.6 Å². The number of aliphatic hydroxyl groups is 1. The van der Waals surface area contributed by atoms with Crippen molar-refractivity contribution in [3.05, 3.63) is 96.1 Å². The van der Waals surface area contributed by atoms with Crippen LogP contribution in [0.25, 0.3) is 0 Å².